The Hall–Kier alpha value is -3.32. The van der Waals surface area contributed by atoms with Gasteiger partial charge in [0.15, 0.2) is 0 Å². The first-order chi connectivity index (χ1) is 16.2. The second kappa shape index (κ2) is 10.7. The zero-order chi connectivity index (χ0) is 25.0. The lowest BCUT2D eigenvalue weighted by atomic mass is 9.93. The summed E-state index contributed by atoms with van der Waals surface area (Å²) in [6, 6.07) is 10.2. The van der Waals surface area contributed by atoms with Gasteiger partial charge in [0.1, 0.15) is 17.3 Å². The summed E-state index contributed by atoms with van der Waals surface area (Å²) in [5, 5.41) is 11.4. The third-order valence-corrected chi connectivity index (χ3v) is 5.71. The van der Waals surface area contributed by atoms with E-state index in [1.165, 1.54) is 19.1 Å². The Morgan fingerprint density at radius 1 is 1.12 bits per heavy atom. The Bertz CT molecular complexity index is 1100. The number of aliphatic hydroxyl groups is 1. The first-order valence-electron chi connectivity index (χ1n) is 11.3. The molecule has 1 aliphatic heterocycles. The van der Waals surface area contributed by atoms with Crippen molar-refractivity contribution in [1.29, 1.82) is 0 Å². The molecule has 0 radical (unpaired) electrons. The predicted octanol–water partition coefficient (Wildman–Crippen LogP) is 4.41. The number of aryl methyl sites for hydroxylation is 2. The van der Waals surface area contributed by atoms with E-state index in [9.17, 15) is 14.7 Å². The number of rotatable bonds is 9. The van der Waals surface area contributed by atoms with Crippen molar-refractivity contribution in [1.82, 2.24) is 4.90 Å². The van der Waals surface area contributed by atoms with Gasteiger partial charge < -0.3 is 24.2 Å². The van der Waals surface area contributed by atoms with Gasteiger partial charge in [-0.15, -0.1) is 0 Å². The summed E-state index contributed by atoms with van der Waals surface area (Å²) in [5.41, 5.74) is 2.78. The van der Waals surface area contributed by atoms with Gasteiger partial charge in [0.2, 0.25) is 0 Å². The smallest absolute Gasteiger partial charge is 0.295 e. The molecule has 2 aromatic carbocycles. The third-order valence-electron chi connectivity index (χ3n) is 5.71. The molecule has 34 heavy (non-hydrogen) atoms. The van der Waals surface area contributed by atoms with Crippen LogP contribution in [0.2, 0.25) is 0 Å². The van der Waals surface area contributed by atoms with Gasteiger partial charge >= 0.3 is 0 Å². The minimum absolute atomic E-state index is 0.0189. The normalized spacial score (nSPS) is 17.5. The van der Waals surface area contributed by atoms with Crippen LogP contribution in [0.4, 0.5) is 0 Å². The zero-order valence-corrected chi connectivity index (χ0v) is 20.7. The monoisotopic (exact) mass is 467 g/mol. The van der Waals surface area contributed by atoms with Crippen LogP contribution in [0.1, 0.15) is 42.1 Å². The van der Waals surface area contributed by atoms with Crippen LogP contribution < -0.4 is 9.47 Å². The van der Waals surface area contributed by atoms with Crippen molar-refractivity contribution in [2.24, 2.45) is 5.92 Å². The number of hydrogen-bond acceptors (Lipinski definition) is 6. The van der Waals surface area contributed by atoms with E-state index in [0.29, 0.717) is 35.2 Å². The number of ketones is 1. The van der Waals surface area contributed by atoms with E-state index in [4.69, 9.17) is 14.2 Å². The molecule has 7 nitrogen and oxygen atoms in total. The number of nitrogens with zero attached hydrogens (tertiary/aromatic N) is 1. The van der Waals surface area contributed by atoms with Gasteiger partial charge in [-0.1, -0.05) is 32.0 Å². The lowest BCUT2D eigenvalue weighted by molar-refractivity contribution is -0.140. The molecule has 1 unspecified atom stereocenters. The zero-order valence-electron chi connectivity index (χ0n) is 20.7. The Morgan fingerprint density at radius 2 is 1.85 bits per heavy atom. The highest BCUT2D eigenvalue weighted by Crippen LogP contribution is 2.42. The average Bonchev–Trinajstić information content (AvgIpc) is 3.05. The average molecular weight is 468 g/mol. The quantitative estimate of drug-likeness (QED) is 0.334. The van der Waals surface area contributed by atoms with Crippen LogP contribution in [-0.4, -0.2) is 55.7 Å². The van der Waals surface area contributed by atoms with E-state index in [2.05, 4.69) is 13.8 Å². The van der Waals surface area contributed by atoms with Crippen LogP contribution >= 0.6 is 0 Å². The van der Waals surface area contributed by atoms with Crippen molar-refractivity contribution < 1.29 is 28.9 Å². The van der Waals surface area contributed by atoms with Crippen molar-refractivity contribution in [2.45, 2.75) is 33.7 Å². The van der Waals surface area contributed by atoms with Crippen molar-refractivity contribution in [3.63, 3.8) is 0 Å². The summed E-state index contributed by atoms with van der Waals surface area (Å²) in [4.78, 5) is 27.7. The highest BCUT2D eigenvalue weighted by Gasteiger charge is 2.46. The molecule has 1 atom stereocenters. The van der Waals surface area contributed by atoms with Crippen LogP contribution in [0.5, 0.6) is 11.5 Å². The van der Waals surface area contributed by atoms with Gasteiger partial charge in [-0.05, 0) is 54.7 Å². The maximum atomic E-state index is 13.2. The van der Waals surface area contributed by atoms with Crippen molar-refractivity contribution in [2.75, 3.05) is 34.0 Å². The number of aliphatic hydroxyl groups excluding tert-OH is 1. The minimum Gasteiger partial charge on any atom is -0.507 e. The molecule has 3 rings (SSSR count). The number of benzene rings is 2. The first-order valence-corrected chi connectivity index (χ1v) is 11.3. The number of carbonyl (C=O) groups is 2. The van der Waals surface area contributed by atoms with E-state index < -0.39 is 17.7 Å². The Balaban J connectivity index is 2.20. The predicted molar refractivity (Wildman–Crippen MR) is 130 cm³/mol. The van der Waals surface area contributed by atoms with Crippen LogP contribution in [0.15, 0.2) is 42.0 Å². The lowest BCUT2D eigenvalue weighted by Crippen LogP contribution is -2.32. The molecule has 1 saturated heterocycles. The number of methoxy groups -OCH3 is 2. The summed E-state index contributed by atoms with van der Waals surface area (Å²) >= 11 is 0. The summed E-state index contributed by atoms with van der Waals surface area (Å²) in [6.07, 6.45) is 0. The second-order valence-corrected chi connectivity index (χ2v) is 8.93. The van der Waals surface area contributed by atoms with Crippen molar-refractivity contribution in [3.8, 4) is 11.5 Å². The van der Waals surface area contributed by atoms with Gasteiger partial charge in [-0.3, -0.25) is 9.59 Å². The molecule has 1 heterocycles. The number of Topliss-reactive ketones (excluding diaryl/α,β-unsaturated/α-hetero) is 1. The number of likely N-dealkylation sites (tertiary alicyclic amines) is 1. The first kappa shape index (κ1) is 25.3. The molecule has 0 aliphatic carbocycles. The molecule has 1 fully saturated rings. The molecule has 7 heteroatoms. The van der Waals surface area contributed by atoms with Crippen molar-refractivity contribution >= 4 is 17.4 Å². The second-order valence-electron chi connectivity index (χ2n) is 8.93. The molecule has 0 spiro atoms. The number of hydrogen-bond donors (Lipinski definition) is 1. The summed E-state index contributed by atoms with van der Waals surface area (Å²) < 4.78 is 16.6. The fraction of sp³-hybridized carbons (Fsp3) is 0.407. The molecule has 2 aromatic rings. The van der Waals surface area contributed by atoms with Crippen LogP contribution in [-0.2, 0) is 14.3 Å². The van der Waals surface area contributed by atoms with Gasteiger partial charge in [-0.25, -0.2) is 0 Å². The largest absolute Gasteiger partial charge is 0.507 e. The Labute approximate surface area is 200 Å². The molecule has 0 aromatic heterocycles. The maximum Gasteiger partial charge on any atom is 0.295 e. The highest BCUT2D eigenvalue weighted by molar-refractivity contribution is 6.46. The van der Waals surface area contributed by atoms with Gasteiger partial charge in [0.25, 0.3) is 11.7 Å². The molecular weight excluding hydrogens is 434 g/mol. The third kappa shape index (κ3) is 5.09. The van der Waals surface area contributed by atoms with Gasteiger partial charge in [0.05, 0.1) is 37.5 Å². The lowest BCUT2D eigenvalue weighted by Gasteiger charge is -2.25. The minimum atomic E-state index is -0.789. The van der Waals surface area contributed by atoms with Crippen LogP contribution in [0, 0.1) is 19.8 Å². The van der Waals surface area contributed by atoms with E-state index in [1.54, 1.807) is 6.07 Å². The van der Waals surface area contributed by atoms with Crippen LogP contribution in [0.25, 0.3) is 5.76 Å². The summed E-state index contributed by atoms with van der Waals surface area (Å²) in [5.74, 6) is -0.256. The summed E-state index contributed by atoms with van der Waals surface area (Å²) in [6.45, 7) is 8.86. The molecule has 0 saturated carbocycles. The molecule has 1 aliphatic rings. The van der Waals surface area contributed by atoms with E-state index >= 15 is 0 Å². The SMILES string of the molecule is COCCN1C(=O)C(=O)/C(=C(/O)c2cc(C)cc(C)c2OC)C1c1cccc(OCC(C)C)c1. The van der Waals surface area contributed by atoms with E-state index in [0.717, 1.165) is 11.1 Å². The fourth-order valence-electron chi connectivity index (χ4n) is 4.23. The number of amides is 1. The van der Waals surface area contributed by atoms with Crippen molar-refractivity contribution in [3.05, 3.63) is 64.2 Å². The van der Waals surface area contributed by atoms with E-state index in [1.807, 2.05) is 44.2 Å². The maximum absolute atomic E-state index is 13.2. The highest BCUT2D eigenvalue weighted by atomic mass is 16.5. The Morgan fingerprint density at radius 3 is 2.50 bits per heavy atom. The van der Waals surface area contributed by atoms with Gasteiger partial charge in [-0.2, -0.15) is 0 Å². The summed E-state index contributed by atoms with van der Waals surface area (Å²) in [7, 11) is 3.05. The number of ether oxygens (including phenoxy) is 3. The standard InChI is InChI=1S/C27H33NO6/c1-16(2)15-34-20-9-7-8-19(14-20)23-22(25(30)27(31)28(23)10-11-32-5)24(29)21-13-17(3)12-18(4)26(21)33-6/h7-9,12-14,16,23,29H,10-11,15H2,1-6H3/b24-22+. The number of carbonyl (C=O) groups excluding carboxylic acids is 2. The van der Waals surface area contributed by atoms with E-state index in [-0.39, 0.29) is 24.5 Å². The topological polar surface area (TPSA) is 85.3 Å². The van der Waals surface area contributed by atoms with Gasteiger partial charge in [0, 0.05) is 13.7 Å². The Kier molecular flexibility index (Phi) is 7.99. The molecule has 0 bridgehead atoms. The molecule has 182 valence electrons. The molecule has 1 amide bonds. The molecular formula is C27H33NO6. The van der Waals surface area contributed by atoms with Crippen LogP contribution in [0.3, 0.4) is 0 Å². The fourth-order valence-corrected chi connectivity index (χ4v) is 4.23. The molecule has 1 N–H and O–H groups in total.